The minimum absolute atomic E-state index is 0.0985. The Bertz CT molecular complexity index is 1660. The molecule has 9 heteroatoms. The molecule has 0 bridgehead atoms. The lowest BCUT2D eigenvalue weighted by Gasteiger charge is -2.12. The van der Waals surface area contributed by atoms with Crippen LogP contribution in [-0.2, 0) is 7.05 Å². The SMILES string of the molecule is Cc1ccc(Sc2cc(NC(=O)c3cc(-c4cnn(C)c4C)nc4ccccc34)cc([N+](=O)[O-])c2)cc1. The highest BCUT2D eigenvalue weighted by Crippen LogP contribution is 2.34. The molecule has 0 aliphatic heterocycles. The highest BCUT2D eigenvalue weighted by molar-refractivity contribution is 7.99. The van der Waals surface area contributed by atoms with Gasteiger partial charge in [0.05, 0.1) is 27.9 Å². The van der Waals surface area contributed by atoms with Crippen LogP contribution in [0.4, 0.5) is 11.4 Å². The summed E-state index contributed by atoms with van der Waals surface area (Å²) < 4.78 is 1.75. The fourth-order valence-corrected chi connectivity index (χ4v) is 4.92. The quantitative estimate of drug-likeness (QED) is 0.205. The molecule has 37 heavy (non-hydrogen) atoms. The molecule has 0 aliphatic carbocycles. The number of aryl methyl sites for hydroxylation is 2. The Hall–Kier alpha value is -4.50. The molecule has 1 amide bonds. The van der Waals surface area contributed by atoms with Crippen LogP contribution in [0.2, 0.25) is 0 Å². The highest BCUT2D eigenvalue weighted by Gasteiger charge is 2.18. The van der Waals surface area contributed by atoms with Crippen LogP contribution in [0.5, 0.6) is 0 Å². The summed E-state index contributed by atoms with van der Waals surface area (Å²) in [6.07, 6.45) is 1.73. The van der Waals surface area contributed by atoms with Gasteiger partial charge in [-0.3, -0.25) is 19.6 Å². The number of carbonyl (C=O) groups is 1. The predicted molar refractivity (Wildman–Crippen MR) is 145 cm³/mol. The number of nitrogens with one attached hydrogen (secondary N) is 1. The van der Waals surface area contributed by atoms with Crippen LogP contribution < -0.4 is 5.32 Å². The van der Waals surface area contributed by atoms with Gasteiger partial charge in [0.1, 0.15) is 0 Å². The van der Waals surface area contributed by atoms with E-state index in [-0.39, 0.29) is 11.6 Å². The van der Waals surface area contributed by atoms with Gasteiger partial charge >= 0.3 is 0 Å². The summed E-state index contributed by atoms with van der Waals surface area (Å²) in [6.45, 7) is 3.94. The third kappa shape index (κ3) is 5.07. The fourth-order valence-electron chi connectivity index (χ4n) is 4.01. The van der Waals surface area contributed by atoms with Crippen molar-refractivity contribution in [3.8, 4) is 11.3 Å². The number of fused-ring (bicyclic) bond motifs is 1. The molecule has 0 aliphatic rings. The first kappa shape index (κ1) is 24.2. The summed E-state index contributed by atoms with van der Waals surface area (Å²) in [7, 11) is 1.85. The Morgan fingerprint density at radius 2 is 1.76 bits per heavy atom. The Balaban J connectivity index is 1.53. The Kier molecular flexibility index (Phi) is 6.45. The number of aromatic nitrogens is 3. The zero-order chi connectivity index (χ0) is 26.1. The summed E-state index contributed by atoms with van der Waals surface area (Å²) in [4.78, 5) is 31.1. The van der Waals surface area contributed by atoms with Gasteiger partial charge in [-0.25, -0.2) is 4.98 Å². The smallest absolute Gasteiger partial charge is 0.272 e. The van der Waals surface area contributed by atoms with Crippen molar-refractivity contribution < 1.29 is 9.72 Å². The molecule has 2 aromatic heterocycles. The number of para-hydroxylation sites is 1. The minimum atomic E-state index is -0.458. The van der Waals surface area contributed by atoms with E-state index in [1.165, 1.54) is 23.9 Å². The normalized spacial score (nSPS) is 11.0. The first-order valence-electron chi connectivity index (χ1n) is 11.5. The predicted octanol–water partition coefficient (Wildman–Crippen LogP) is 6.56. The molecular weight excluding hydrogens is 486 g/mol. The summed E-state index contributed by atoms with van der Waals surface area (Å²) >= 11 is 1.40. The maximum absolute atomic E-state index is 13.6. The maximum atomic E-state index is 13.6. The van der Waals surface area contributed by atoms with Gasteiger partial charge in [-0.1, -0.05) is 47.7 Å². The Labute approximate surface area is 217 Å². The van der Waals surface area contributed by atoms with Gasteiger partial charge in [0.2, 0.25) is 0 Å². The van der Waals surface area contributed by atoms with E-state index < -0.39 is 4.92 Å². The average molecular weight is 510 g/mol. The van der Waals surface area contributed by atoms with Crippen LogP contribution in [0, 0.1) is 24.0 Å². The van der Waals surface area contributed by atoms with E-state index >= 15 is 0 Å². The van der Waals surface area contributed by atoms with Crippen molar-refractivity contribution >= 4 is 39.9 Å². The molecule has 0 saturated heterocycles. The van der Waals surface area contributed by atoms with Crippen molar-refractivity contribution in [3.05, 3.63) is 106 Å². The molecule has 0 atom stereocenters. The van der Waals surface area contributed by atoms with E-state index in [9.17, 15) is 14.9 Å². The molecule has 0 unspecified atom stereocenters. The molecule has 1 N–H and O–H groups in total. The molecule has 5 rings (SSSR count). The summed E-state index contributed by atoms with van der Waals surface area (Å²) in [5.74, 6) is -0.381. The zero-order valence-corrected chi connectivity index (χ0v) is 21.2. The van der Waals surface area contributed by atoms with Crippen molar-refractivity contribution in [2.45, 2.75) is 23.6 Å². The number of pyridine rings is 1. The second-order valence-corrected chi connectivity index (χ2v) is 9.83. The molecule has 0 radical (unpaired) electrons. The maximum Gasteiger partial charge on any atom is 0.272 e. The van der Waals surface area contributed by atoms with Gasteiger partial charge in [-0.05, 0) is 44.2 Å². The molecule has 184 valence electrons. The first-order chi connectivity index (χ1) is 17.8. The molecule has 5 aromatic rings. The first-order valence-corrected chi connectivity index (χ1v) is 12.3. The van der Waals surface area contributed by atoms with E-state index in [1.807, 2.05) is 69.4 Å². The van der Waals surface area contributed by atoms with Crippen LogP contribution in [0.25, 0.3) is 22.2 Å². The van der Waals surface area contributed by atoms with Crippen LogP contribution in [0.3, 0.4) is 0 Å². The van der Waals surface area contributed by atoms with Crippen molar-refractivity contribution in [2.75, 3.05) is 5.32 Å². The number of carbonyl (C=O) groups excluding carboxylic acids is 1. The molecule has 0 saturated carbocycles. The molecule has 0 fully saturated rings. The van der Waals surface area contributed by atoms with Gasteiger partial charge in [0.25, 0.3) is 11.6 Å². The van der Waals surface area contributed by atoms with Crippen LogP contribution in [-0.4, -0.2) is 25.6 Å². The standard InChI is InChI=1S/C28H23N5O3S/c1-17-8-10-21(11-9-17)37-22-13-19(12-20(14-22)33(35)36)30-28(34)24-15-27(25-16-29-32(3)18(25)2)31-26-7-5-4-6-23(24)26/h4-16H,1-3H3,(H,30,34). The van der Waals surface area contributed by atoms with Gasteiger partial charge in [0.15, 0.2) is 0 Å². The average Bonchev–Trinajstić information content (AvgIpc) is 3.22. The molecule has 3 aromatic carbocycles. The lowest BCUT2D eigenvalue weighted by molar-refractivity contribution is -0.385. The monoisotopic (exact) mass is 509 g/mol. The molecule has 8 nitrogen and oxygen atoms in total. The second kappa shape index (κ2) is 9.87. The van der Waals surface area contributed by atoms with Gasteiger partial charge in [-0.15, -0.1) is 0 Å². The number of amides is 1. The van der Waals surface area contributed by atoms with Crippen molar-refractivity contribution in [1.82, 2.24) is 14.8 Å². The minimum Gasteiger partial charge on any atom is -0.322 e. The van der Waals surface area contributed by atoms with Crippen molar-refractivity contribution in [1.29, 1.82) is 0 Å². The zero-order valence-electron chi connectivity index (χ0n) is 20.4. The van der Waals surface area contributed by atoms with E-state index in [0.29, 0.717) is 32.7 Å². The second-order valence-electron chi connectivity index (χ2n) is 8.68. The third-order valence-electron chi connectivity index (χ3n) is 6.09. The number of nitro benzene ring substituents is 1. The number of nitro groups is 1. The molecule has 2 heterocycles. The third-order valence-corrected chi connectivity index (χ3v) is 7.07. The summed E-state index contributed by atoms with van der Waals surface area (Å²) in [5.41, 5.74) is 4.84. The van der Waals surface area contributed by atoms with Crippen LogP contribution >= 0.6 is 11.8 Å². The lowest BCUT2D eigenvalue weighted by Crippen LogP contribution is -2.13. The van der Waals surface area contributed by atoms with Gasteiger partial charge in [-0.2, -0.15) is 5.10 Å². The van der Waals surface area contributed by atoms with Crippen LogP contribution in [0.1, 0.15) is 21.6 Å². The number of nitrogens with zero attached hydrogens (tertiary/aromatic N) is 4. The van der Waals surface area contributed by atoms with Crippen molar-refractivity contribution in [2.24, 2.45) is 7.05 Å². The largest absolute Gasteiger partial charge is 0.322 e. The summed E-state index contributed by atoms with van der Waals surface area (Å²) in [6, 6.07) is 21.6. The number of rotatable bonds is 6. The molecule has 0 spiro atoms. The van der Waals surface area contributed by atoms with E-state index in [2.05, 4.69) is 10.4 Å². The molecular formula is C28H23N5O3S. The van der Waals surface area contributed by atoms with E-state index in [0.717, 1.165) is 21.7 Å². The number of hydrogen-bond donors (Lipinski definition) is 1. The Morgan fingerprint density at radius 1 is 1.00 bits per heavy atom. The van der Waals surface area contributed by atoms with Crippen LogP contribution in [0.15, 0.2) is 88.8 Å². The number of benzene rings is 3. The topological polar surface area (TPSA) is 103 Å². The van der Waals surface area contributed by atoms with Gasteiger partial charge in [0, 0.05) is 51.3 Å². The van der Waals surface area contributed by atoms with E-state index in [1.54, 1.807) is 23.0 Å². The number of hydrogen-bond acceptors (Lipinski definition) is 6. The van der Waals surface area contributed by atoms with E-state index in [4.69, 9.17) is 4.98 Å². The summed E-state index contributed by atoms with van der Waals surface area (Å²) in [5, 5.41) is 19.5. The highest BCUT2D eigenvalue weighted by atomic mass is 32.2. The fraction of sp³-hybridized carbons (Fsp3) is 0.107. The lowest BCUT2D eigenvalue weighted by atomic mass is 10.0. The number of non-ortho nitro benzene ring substituents is 1. The van der Waals surface area contributed by atoms with Crippen molar-refractivity contribution in [3.63, 3.8) is 0 Å². The number of anilines is 1. The Morgan fingerprint density at radius 3 is 2.46 bits per heavy atom. The van der Waals surface area contributed by atoms with Gasteiger partial charge < -0.3 is 5.32 Å².